The van der Waals surface area contributed by atoms with Gasteiger partial charge in [-0.15, -0.1) is 0 Å². The molecule has 2 N–H and O–H groups in total. The first-order valence-corrected chi connectivity index (χ1v) is 6.74. The quantitative estimate of drug-likeness (QED) is 0.476. The van der Waals surface area contributed by atoms with Crippen molar-refractivity contribution in [2.24, 2.45) is 0 Å². The summed E-state index contributed by atoms with van der Waals surface area (Å²) in [4.78, 5) is 0. The molecule has 0 aliphatic heterocycles. The van der Waals surface area contributed by atoms with Gasteiger partial charge in [-0.25, -0.2) is 4.39 Å². The van der Waals surface area contributed by atoms with Crippen molar-refractivity contribution in [3.63, 3.8) is 0 Å². The lowest BCUT2D eigenvalue weighted by Crippen LogP contribution is -2.30. The lowest BCUT2D eigenvalue weighted by atomic mass is 10.2. The fourth-order valence-corrected chi connectivity index (χ4v) is 1.74. The molecule has 0 saturated heterocycles. The van der Waals surface area contributed by atoms with Crippen molar-refractivity contribution in [3.8, 4) is 0 Å². The summed E-state index contributed by atoms with van der Waals surface area (Å²) in [6.07, 6.45) is -4.03. The summed E-state index contributed by atoms with van der Waals surface area (Å²) in [7, 11) is 0. The number of alkyl halides is 3. The maximum Gasteiger partial charge on any atom is 0.419 e. The Morgan fingerprint density at radius 3 is 2.67 bits per heavy atom. The minimum absolute atomic E-state index is 0.0750. The van der Waals surface area contributed by atoms with Gasteiger partial charge in [0, 0.05) is 25.4 Å². The van der Waals surface area contributed by atoms with Gasteiger partial charge in [0.2, 0.25) is 0 Å². The van der Waals surface area contributed by atoms with Crippen LogP contribution >= 0.6 is 12.2 Å². The molecule has 118 valence electrons. The summed E-state index contributed by atoms with van der Waals surface area (Å²) >= 11 is 4.95. The molecule has 0 atom stereocenters. The summed E-state index contributed by atoms with van der Waals surface area (Å²) in [6, 6.07) is 2.63. The summed E-state index contributed by atoms with van der Waals surface area (Å²) in [6.45, 7) is 3.60. The van der Waals surface area contributed by atoms with Gasteiger partial charge >= 0.3 is 6.18 Å². The molecule has 0 bridgehead atoms. The minimum Gasteiger partial charge on any atom is -0.382 e. The van der Waals surface area contributed by atoms with E-state index in [2.05, 4.69) is 10.6 Å². The van der Waals surface area contributed by atoms with Crippen molar-refractivity contribution in [3.05, 3.63) is 29.6 Å². The Kier molecular flexibility index (Phi) is 6.83. The van der Waals surface area contributed by atoms with Crippen molar-refractivity contribution < 1.29 is 22.3 Å². The SMILES string of the molecule is CCOCCCNC(=S)Nc1ccc(F)c(C(F)(F)F)c1. The molecule has 0 unspecified atom stereocenters. The van der Waals surface area contributed by atoms with Crippen LogP contribution in [0.5, 0.6) is 0 Å². The molecule has 1 aromatic rings. The van der Waals surface area contributed by atoms with E-state index >= 15 is 0 Å². The summed E-state index contributed by atoms with van der Waals surface area (Å²) in [5.74, 6) is -1.32. The second kappa shape index (κ2) is 8.14. The molecule has 8 heteroatoms. The number of halogens is 4. The second-order valence-corrected chi connectivity index (χ2v) is 4.53. The fourth-order valence-electron chi connectivity index (χ4n) is 1.52. The topological polar surface area (TPSA) is 33.3 Å². The van der Waals surface area contributed by atoms with E-state index in [4.69, 9.17) is 17.0 Å². The molecule has 1 aromatic carbocycles. The number of benzene rings is 1. The first-order valence-electron chi connectivity index (χ1n) is 6.34. The molecular weight excluding hydrogens is 308 g/mol. The molecule has 0 aliphatic rings. The van der Waals surface area contributed by atoms with E-state index in [1.165, 1.54) is 6.07 Å². The number of thiocarbonyl (C=S) groups is 1. The standard InChI is InChI=1S/C13H16F4N2OS/c1-2-20-7-3-6-18-12(21)19-9-4-5-11(14)10(8-9)13(15,16)17/h4-5,8H,2-3,6-7H2,1H3,(H2,18,19,21). The van der Waals surface area contributed by atoms with E-state index in [1.54, 1.807) is 0 Å². The van der Waals surface area contributed by atoms with Crippen molar-refractivity contribution in [2.45, 2.75) is 19.5 Å². The largest absolute Gasteiger partial charge is 0.419 e. The average Bonchev–Trinajstić information content (AvgIpc) is 2.39. The summed E-state index contributed by atoms with van der Waals surface area (Å²) in [5, 5.41) is 5.59. The van der Waals surface area contributed by atoms with Gasteiger partial charge in [0.05, 0.1) is 5.56 Å². The van der Waals surface area contributed by atoms with Crippen LogP contribution in [0.25, 0.3) is 0 Å². The first kappa shape index (κ1) is 17.6. The molecule has 0 saturated carbocycles. The molecule has 0 heterocycles. The van der Waals surface area contributed by atoms with Crippen LogP contribution in [0.2, 0.25) is 0 Å². The lowest BCUT2D eigenvalue weighted by Gasteiger charge is -2.13. The summed E-state index contributed by atoms with van der Waals surface area (Å²) in [5.41, 5.74) is -1.25. The summed E-state index contributed by atoms with van der Waals surface area (Å²) < 4.78 is 55.9. The molecule has 0 amide bonds. The number of ether oxygens (including phenoxy) is 1. The highest BCUT2D eigenvalue weighted by Crippen LogP contribution is 2.32. The van der Waals surface area contributed by atoms with Crippen molar-refractivity contribution in [1.82, 2.24) is 5.32 Å². The number of nitrogens with one attached hydrogen (secondary N) is 2. The van der Waals surface area contributed by atoms with Gasteiger partial charge in [-0.1, -0.05) is 0 Å². The van der Waals surface area contributed by atoms with Crippen molar-refractivity contribution in [1.29, 1.82) is 0 Å². The third-order valence-electron chi connectivity index (χ3n) is 2.48. The molecule has 0 radical (unpaired) electrons. The molecule has 0 aliphatic carbocycles. The maximum absolute atomic E-state index is 13.1. The van der Waals surface area contributed by atoms with E-state index in [1.807, 2.05) is 6.92 Å². The van der Waals surface area contributed by atoms with Crippen LogP contribution < -0.4 is 10.6 Å². The van der Waals surface area contributed by atoms with Crippen LogP contribution in [-0.4, -0.2) is 24.9 Å². The van der Waals surface area contributed by atoms with Crippen LogP contribution in [0.15, 0.2) is 18.2 Å². The highest BCUT2D eigenvalue weighted by molar-refractivity contribution is 7.80. The van der Waals surface area contributed by atoms with Gasteiger partial charge < -0.3 is 15.4 Å². The zero-order valence-electron chi connectivity index (χ0n) is 11.4. The van der Waals surface area contributed by atoms with Crippen LogP contribution in [0.4, 0.5) is 23.2 Å². The number of hydrogen-bond donors (Lipinski definition) is 2. The molecular formula is C13H16F4N2OS. The molecule has 3 nitrogen and oxygen atoms in total. The van der Waals surface area contributed by atoms with Gasteiger partial charge in [0.1, 0.15) is 5.82 Å². The van der Waals surface area contributed by atoms with Gasteiger partial charge in [0.25, 0.3) is 0 Å². The van der Waals surface area contributed by atoms with Gasteiger partial charge in [-0.3, -0.25) is 0 Å². The first-order chi connectivity index (χ1) is 9.84. The predicted molar refractivity (Wildman–Crippen MR) is 76.7 cm³/mol. The van der Waals surface area contributed by atoms with E-state index in [0.29, 0.717) is 32.2 Å². The number of anilines is 1. The second-order valence-electron chi connectivity index (χ2n) is 4.12. The monoisotopic (exact) mass is 324 g/mol. The van der Waals surface area contributed by atoms with E-state index in [0.717, 1.165) is 6.07 Å². The van der Waals surface area contributed by atoms with Gasteiger partial charge in [-0.2, -0.15) is 13.2 Å². The minimum atomic E-state index is -4.74. The zero-order valence-corrected chi connectivity index (χ0v) is 12.2. The molecule has 0 fully saturated rings. The van der Waals surface area contributed by atoms with E-state index in [-0.39, 0.29) is 10.8 Å². The van der Waals surface area contributed by atoms with Gasteiger partial charge in [0.15, 0.2) is 5.11 Å². The predicted octanol–water partition coefficient (Wildman–Crippen LogP) is 3.56. The van der Waals surface area contributed by atoms with E-state index < -0.39 is 17.6 Å². The Bertz CT molecular complexity index is 480. The molecule has 0 spiro atoms. The molecule has 1 rings (SSSR count). The number of rotatable bonds is 6. The highest BCUT2D eigenvalue weighted by Gasteiger charge is 2.34. The zero-order chi connectivity index (χ0) is 15.9. The highest BCUT2D eigenvalue weighted by atomic mass is 32.1. The Labute approximate surface area is 125 Å². The molecule has 0 aromatic heterocycles. The number of hydrogen-bond acceptors (Lipinski definition) is 2. The van der Waals surface area contributed by atoms with Gasteiger partial charge in [-0.05, 0) is 43.8 Å². The third-order valence-corrected chi connectivity index (χ3v) is 2.73. The molecule has 21 heavy (non-hydrogen) atoms. The third kappa shape index (κ3) is 6.26. The Morgan fingerprint density at radius 1 is 1.33 bits per heavy atom. The van der Waals surface area contributed by atoms with Crippen LogP contribution in [0.1, 0.15) is 18.9 Å². The Morgan fingerprint density at radius 2 is 2.05 bits per heavy atom. The van der Waals surface area contributed by atoms with Crippen molar-refractivity contribution in [2.75, 3.05) is 25.1 Å². The van der Waals surface area contributed by atoms with Crippen LogP contribution in [-0.2, 0) is 10.9 Å². The van der Waals surface area contributed by atoms with E-state index in [9.17, 15) is 17.6 Å². The van der Waals surface area contributed by atoms with Crippen LogP contribution in [0.3, 0.4) is 0 Å². The smallest absolute Gasteiger partial charge is 0.382 e. The Hall–Kier alpha value is -1.41. The fraction of sp³-hybridized carbons (Fsp3) is 0.462. The van der Waals surface area contributed by atoms with Crippen molar-refractivity contribution >= 4 is 23.0 Å². The normalized spacial score (nSPS) is 11.3. The average molecular weight is 324 g/mol. The maximum atomic E-state index is 13.1. The van der Waals surface area contributed by atoms with Crippen LogP contribution in [0, 0.1) is 5.82 Å². The lowest BCUT2D eigenvalue weighted by molar-refractivity contribution is -0.139. The Balaban J connectivity index is 2.53.